The second-order valence-corrected chi connectivity index (χ2v) is 8.79. The van der Waals surface area contributed by atoms with Gasteiger partial charge in [-0.2, -0.15) is 11.3 Å². The topological polar surface area (TPSA) is 15.7 Å². The van der Waals surface area contributed by atoms with Crippen molar-refractivity contribution in [2.24, 2.45) is 0 Å². The number of hydrogen-bond acceptors (Lipinski definition) is 4. The minimum Gasteiger partial charge on any atom is -0.464 e. The maximum absolute atomic E-state index is 6.38. The summed E-state index contributed by atoms with van der Waals surface area (Å²) in [7, 11) is 2.31. The Bertz CT molecular complexity index is 751. The van der Waals surface area contributed by atoms with E-state index in [4.69, 9.17) is 16.3 Å². The van der Waals surface area contributed by atoms with Gasteiger partial charge in [0.15, 0.2) is 6.23 Å². The SMILES string of the molecule is CN1C2CCCC1CC(N1c3ccc(Cl)cc3OC1c1ccsc1)C2. The normalized spacial score (nSPS) is 31.7. The molecular weight excluding hydrogens is 352 g/mol. The number of rotatable bonds is 2. The van der Waals surface area contributed by atoms with Gasteiger partial charge in [0.05, 0.1) is 5.69 Å². The average Bonchev–Trinajstić information content (AvgIpc) is 3.21. The van der Waals surface area contributed by atoms with E-state index in [1.165, 1.54) is 43.4 Å². The van der Waals surface area contributed by atoms with Gasteiger partial charge in [0.25, 0.3) is 0 Å². The van der Waals surface area contributed by atoms with Crippen molar-refractivity contribution in [1.82, 2.24) is 4.90 Å². The second kappa shape index (κ2) is 6.19. The largest absolute Gasteiger partial charge is 0.464 e. The second-order valence-electron chi connectivity index (χ2n) is 7.58. The predicted octanol–water partition coefficient (Wildman–Crippen LogP) is 5.31. The summed E-state index contributed by atoms with van der Waals surface area (Å²) in [6.45, 7) is 0. The molecule has 3 aliphatic rings. The Morgan fingerprint density at radius 3 is 2.64 bits per heavy atom. The maximum Gasteiger partial charge on any atom is 0.200 e. The standard InChI is InChI=1S/C20H23ClN2OS/c1-22-15-3-2-4-16(22)11-17(10-15)23-18-6-5-14(21)9-19(18)24-20(23)13-7-8-25-12-13/h5-9,12,15-17,20H,2-4,10-11H2,1H3. The highest BCUT2D eigenvalue weighted by atomic mass is 35.5. The number of benzene rings is 1. The van der Waals surface area contributed by atoms with Gasteiger partial charge in [-0.3, -0.25) is 0 Å². The molecule has 0 radical (unpaired) electrons. The van der Waals surface area contributed by atoms with Crippen LogP contribution in [0.5, 0.6) is 5.75 Å². The third kappa shape index (κ3) is 2.66. The van der Waals surface area contributed by atoms with Gasteiger partial charge in [0, 0.05) is 34.8 Å². The lowest BCUT2D eigenvalue weighted by Crippen LogP contribution is -2.55. The van der Waals surface area contributed by atoms with Gasteiger partial charge in [-0.15, -0.1) is 0 Å². The van der Waals surface area contributed by atoms with Crippen LogP contribution in [0.25, 0.3) is 0 Å². The van der Waals surface area contributed by atoms with Crippen molar-refractivity contribution >= 4 is 28.6 Å². The molecule has 2 aromatic rings. The summed E-state index contributed by atoms with van der Waals surface area (Å²) in [6, 6.07) is 10.2. The van der Waals surface area contributed by atoms with Crippen LogP contribution in [-0.2, 0) is 0 Å². The number of hydrogen-bond donors (Lipinski definition) is 0. The number of piperidine rings is 2. The molecule has 2 saturated heterocycles. The van der Waals surface area contributed by atoms with E-state index in [-0.39, 0.29) is 6.23 Å². The third-order valence-corrected chi connectivity index (χ3v) is 7.16. The summed E-state index contributed by atoms with van der Waals surface area (Å²) >= 11 is 7.96. The Morgan fingerprint density at radius 2 is 1.92 bits per heavy atom. The summed E-state index contributed by atoms with van der Waals surface area (Å²) < 4.78 is 6.38. The zero-order chi connectivity index (χ0) is 17.0. The van der Waals surface area contributed by atoms with E-state index in [2.05, 4.69) is 39.7 Å². The fraction of sp³-hybridized carbons (Fsp3) is 0.500. The van der Waals surface area contributed by atoms with Crippen LogP contribution in [-0.4, -0.2) is 30.1 Å². The molecule has 3 aliphatic heterocycles. The Hall–Kier alpha value is -1.23. The summed E-state index contributed by atoms with van der Waals surface area (Å²) in [6.07, 6.45) is 6.46. The van der Waals surface area contributed by atoms with Crippen LogP contribution in [0.15, 0.2) is 35.0 Å². The van der Waals surface area contributed by atoms with E-state index in [1.807, 2.05) is 12.1 Å². The maximum atomic E-state index is 6.38. The van der Waals surface area contributed by atoms with E-state index in [9.17, 15) is 0 Å². The van der Waals surface area contributed by atoms with Crippen molar-refractivity contribution in [2.45, 2.75) is 56.5 Å². The van der Waals surface area contributed by atoms with Crippen LogP contribution in [0, 0.1) is 0 Å². The molecule has 1 aromatic heterocycles. The van der Waals surface area contributed by atoms with Crippen LogP contribution < -0.4 is 9.64 Å². The molecule has 1 aromatic carbocycles. The van der Waals surface area contributed by atoms with Gasteiger partial charge in [0.1, 0.15) is 5.75 Å². The Morgan fingerprint density at radius 1 is 1.12 bits per heavy atom. The summed E-state index contributed by atoms with van der Waals surface area (Å²) in [5.74, 6) is 0.924. The van der Waals surface area contributed by atoms with Gasteiger partial charge in [0.2, 0.25) is 0 Å². The zero-order valence-electron chi connectivity index (χ0n) is 14.4. The summed E-state index contributed by atoms with van der Waals surface area (Å²) in [5, 5.41) is 5.09. The van der Waals surface area contributed by atoms with Crippen LogP contribution >= 0.6 is 22.9 Å². The van der Waals surface area contributed by atoms with Crippen molar-refractivity contribution in [3.05, 3.63) is 45.6 Å². The van der Waals surface area contributed by atoms with E-state index in [0.29, 0.717) is 18.1 Å². The molecule has 132 valence electrons. The fourth-order valence-corrected chi connectivity index (χ4v) is 5.77. The Kier molecular flexibility index (Phi) is 3.95. The first-order valence-corrected chi connectivity index (χ1v) is 10.5. The molecule has 5 rings (SSSR count). The van der Waals surface area contributed by atoms with Crippen LogP contribution in [0.4, 0.5) is 5.69 Å². The van der Waals surface area contributed by atoms with Gasteiger partial charge in [-0.1, -0.05) is 18.0 Å². The van der Waals surface area contributed by atoms with Gasteiger partial charge < -0.3 is 14.5 Å². The summed E-state index contributed by atoms with van der Waals surface area (Å²) in [4.78, 5) is 5.16. The Labute approximate surface area is 158 Å². The molecule has 0 spiro atoms. The highest BCUT2D eigenvalue weighted by Crippen LogP contribution is 2.49. The smallest absolute Gasteiger partial charge is 0.200 e. The highest BCUT2D eigenvalue weighted by molar-refractivity contribution is 7.08. The van der Waals surface area contributed by atoms with Gasteiger partial charge in [-0.05, 0) is 61.7 Å². The molecule has 2 bridgehead atoms. The molecule has 4 heterocycles. The molecule has 3 atom stereocenters. The minimum atomic E-state index is -0.0196. The first kappa shape index (κ1) is 16.0. The fourth-order valence-electron chi connectivity index (χ4n) is 4.95. The number of ether oxygens (including phenoxy) is 1. The first-order chi connectivity index (χ1) is 12.2. The number of nitrogens with zero attached hydrogens (tertiary/aromatic N) is 2. The number of halogens is 1. The third-order valence-electron chi connectivity index (χ3n) is 6.23. The monoisotopic (exact) mass is 374 g/mol. The molecule has 5 heteroatoms. The highest BCUT2D eigenvalue weighted by Gasteiger charge is 2.44. The van der Waals surface area contributed by atoms with E-state index in [1.54, 1.807) is 11.3 Å². The minimum absolute atomic E-state index is 0.0196. The molecular formula is C20H23ClN2OS. The molecule has 3 unspecified atom stereocenters. The van der Waals surface area contributed by atoms with Crippen molar-refractivity contribution in [3.63, 3.8) is 0 Å². The van der Waals surface area contributed by atoms with E-state index >= 15 is 0 Å². The molecule has 2 fully saturated rings. The van der Waals surface area contributed by atoms with E-state index in [0.717, 1.165) is 10.8 Å². The molecule has 0 amide bonds. The lowest BCUT2D eigenvalue weighted by molar-refractivity contribution is 0.0482. The van der Waals surface area contributed by atoms with Crippen molar-refractivity contribution in [1.29, 1.82) is 0 Å². The van der Waals surface area contributed by atoms with Crippen molar-refractivity contribution in [2.75, 3.05) is 11.9 Å². The van der Waals surface area contributed by atoms with Crippen molar-refractivity contribution in [3.8, 4) is 5.75 Å². The lowest BCUT2D eigenvalue weighted by atomic mass is 9.81. The zero-order valence-corrected chi connectivity index (χ0v) is 16.0. The molecule has 25 heavy (non-hydrogen) atoms. The predicted molar refractivity (Wildman–Crippen MR) is 104 cm³/mol. The average molecular weight is 375 g/mol. The first-order valence-electron chi connectivity index (χ1n) is 9.19. The van der Waals surface area contributed by atoms with Crippen LogP contribution in [0.2, 0.25) is 5.02 Å². The summed E-state index contributed by atoms with van der Waals surface area (Å²) in [5.41, 5.74) is 2.45. The van der Waals surface area contributed by atoms with Gasteiger partial charge in [-0.25, -0.2) is 0 Å². The van der Waals surface area contributed by atoms with E-state index < -0.39 is 0 Å². The lowest BCUT2D eigenvalue weighted by Gasteiger charge is -2.50. The van der Waals surface area contributed by atoms with Crippen molar-refractivity contribution < 1.29 is 4.74 Å². The molecule has 0 aliphatic carbocycles. The molecule has 0 saturated carbocycles. The number of fused-ring (bicyclic) bond motifs is 3. The number of thiophene rings is 1. The van der Waals surface area contributed by atoms with Gasteiger partial charge >= 0.3 is 0 Å². The molecule has 3 nitrogen and oxygen atoms in total. The number of anilines is 1. The van der Waals surface area contributed by atoms with Crippen LogP contribution in [0.1, 0.15) is 43.9 Å². The molecule has 0 N–H and O–H groups in total. The quantitative estimate of drug-likeness (QED) is 0.708. The van der Waals surface area contributed by atoms with Crippen LogP contribution in [0.3, 0.4) is 0 Å². The Balaban J connectivity index is 1.52.